The van der Waals surface area contributed by atoms with Crippen LogP contribution in [-0.2, 0) is 19.5 Å². The summed E-state index contributed by atoms with van der Waals surface area (Å²) in [4.78, 5) is 26.4. The van der Waals surface area contributed by atoms with E-state index in [0.717, 1.165) is 40.4 Å². The molecule has 1 aliphatic heterocycles. The molecule has 1 aliphatic rings. The molecule has 0 saturated heterocycles. The van der Waals surface area contributed by atoms with Crippen LogP contribution in [0, 0.1) is 0 Å². The fraction of sp³-hybridized carbons (Fsp3) is 0.182. The SMILES string of the molecule is O=c1[nH]c(-c2ccncc2)nc2c1CCN(Cc1cc(-c3ccccc3)on1)C2. The van der Waals surface area contributed by atoms with Crippen LogP contribution in [0.3, 0.4) is 0 Å². The largest absolute Gasteiger partial charge is 0.356 e. The Morgan fingerprint density at radius 3 is 2.72 bits per heavy atom. The minimum Gasteiger partial charge on any atom is -0.356 e. The maximum atomic E-state index is 12.5. The number of benzene rings is 1. The van der Waals surface area contributed by atoms with Crippen molar-refractivity contribution in [2.24, 2.45) is 0 Å². The molecule has 5 rings (SSSR count). The molecule has 1 aromatic carbocycles. The topological polar surface area (TPSA) is 87.9 Å². The third-order valence-corrected chi connectivity index (χ3v) is 5.11. The third kappa shape index (κ3) is 3.60. The maximum Gasteiger partial charge on any atom is 0.254 e. The summed E-state index contributed by atoms with van der Waals surface area (Å²) in [5.74, 6) is 1.33. The second kappa shape index (κ2) is 7.44. The average Bonchev–Trinajstić information content (AvgIpc) is 3.23. The van der Waals surface area contributed by atoms with Crippen molar-refractivity contribution in [3.8, 4) is 22.7 Å². The summed E-state index contributed by atoms with van der Waals surface area (Å²) in [6.45, 7) is 2.03. The highest BCUT2D eigenvalue weighted by Crippen LogP contribution is 2.23. The van der Waals surface area contributed by atoms with E-state index in [4.69, 9.17) is 9.51 Å². The van der Waals surface area contributed by atoms with Crippen LogP contribution >= 0.6 is 0 Å². The molecule has 0 unspecified atom stereocenters. The summed E-state index contributed by atoms with van der Waals surface area (Å²) in [6, 6.07) is 15.6. The van der Waals surface area contributed by atoms with Crippen molar-refractivity contribution < 1.29 is 4.52 Å². The van der Waals surface area contributed by atoms with Gasteiger partial charge in [0.2, 0.25) is 0 Å². The van der Waals surface area contributed by atoms with Gasteiger partial charge in [-0.3, -0.25) is 14.7 Å². The first-order chi connectivity index (χ1) is 14.3. The van der Waals surface area contributed by atoms with Gasteiger partial charge in [0, 0.05) is 54.8 Å². The lowest BCUT2D eigenvalue weighted by molar-refractivity contribution is 0.233. The predicted molar refractivity (Wildman–Crippen MR) is 108 cm³/mol. The highest BCUT2D eigenvalue weighted by molar-refractivity contribution is 5.57. The molecule has 0 radical (unpaired) electrons. The first-order valence-corrected chi connectivity index (χ1v) is 9.52. The first kappa shape index (κ1) is 17.5. The van der Waals surface area contributed by atoms with Gasteiger partial charge in [0.15, 0.2) is 5.76 Å². The summed E-state index contributed by atoms with van der Waals surface area (Å²) < 4.78 is 5.50. The number of fused-ring (bicyclic) bond motifs is 1. The predicted octanol–water partition coefficient (Wildman–Crippen LogP) is 3.05. The quantitative estimate of drug-likeness (QED) is 0.581. The van der Waals surface area contributed by atoms with Crippen molar-refractivity contribution in [2.75, 3.05) is 6.54 Å². The lowest BCUT2D eigenvalue weighted by Crippen LogP contribution is -2.35. The fourth-order valence-electron chi connectivity index (χ4n) is 3.63. The van der Waals surface area contributed by atoms with Crippen molar-refractivity contribution in [2.45, 2.75) is 19.5 Å². The molecule has 7 heteroatoms. The van der Waals surface area contributed by atoms with Crippen LogP contribution in [0.1, 0.15) is 17.0 Å². The van der Waals surface area contributed by atoms with Crippen molar-refractivity contribution in [1.29, 1.82) is 0 Å². The molecule has 7 nitrogen and oxygen atoms in total. The van der Waals surface area contributed by atoms with Crippen molar-refractivity contribution in [1.82, 2.24) is 25.0 Å². The van der Waals surface area contributed by atoms with Crippen molar-refractivity contribution >= 4 is 0 Å². The van der Waals surface area contributed by atoms with E-state index in [1.165, 1.54) is 0 Å². The summed E-state index contributed by atoms with van der Waals surface area (Å²) in [5.41, 5.74) is 4.25. The molecule has 0 spiro atoms. The molecule has 0 bridgehead atoms. The van der Waals surface area contributed by atoms with E-state index in [-0.39, 0.29) is 5.56 Å². The molecule has 144 valence electrons. The van der Waals surface area contributed by atoms with Crippen LogP contribution in [-0.4, -0.2) is 31.6 Å². The van der Waals surface area contributed by atoms with Crippen molar-refractivity contribution in [3.63, 3.8) is 0 Å². The molecular weight excluding hydrogens is 366 g/mol. The van der Waals surface area contributed by atoms with E-state index in [9.17, 15) is 4.79 Å². The Labute approximate surface area is 167 Å². The van der Waals surface area contributed by atoms with Gasteiger partial charge in [-0.25, -0.2) is 4.98 Å². The molecule has 4 heterocycles. The smallest absolute Gasteiger partial charge is 0.254 e. The van der Waals surface area contributed by atoms with Gasteiger partial charge in [-0.05, 0) is 18.6 Å². The Balaban J connectivity index is 1.36. The van der Waals surface area contributed by atoms with Crippen LogP contribution in [0.2, 0.25) is 0 Å². The second-order valence-corrected chi connectivity index (χ2v) is 7.08. The number of hydrogen-bond acceptors (Lipinski definition) is 6. The Bertz CT molecular complexity index is 1180. The Kier molecular flexibility index (Phi) is 4.50. The van der Waals surface area contributed by atoms with Gasteiger partial charge in [-0.1, -0.05) is 35.5 Å². The number of nitrogens with one attached hydrogen (secondary N) is 1. The van der Waals surface area contributed by atoms with E-state index >= 15 is 0 Å². The van der Waals surface area contributed by atoms with Gasteiger partial charge in [0.05, 0.1) is 11.4 Å². The number of aromatic amines is 1. The number of rotatable bonds is 4. The summed E-state index contributed by atoms with van der Waals surface area (Å²) in [6.07, 6.45) is 4.05. The minimum atomic E-state index is -0.0609. The molecule has 0 aliphatic carbocycles. The molecule has 3 aromatic heterocycles. The zero-order chi connectivity index (χ0) is 19.6. The zero-order valence-corrected chi connectivity index (χ0v) is 15.7. The van der Waals surface area contributed by atoms with Crippen LogP contribution in [0.5, 0.6) is 0 Å². The van der Waals surface area contributed by atoms with E-state index in [2.05, 4.69) is 20.0 Å². The number of hydrogen-bond donors (Lipinski definition) is 1. The van der Waals surface area contributed by atoms with E-state index in [1.807, 2.05) is 48.5 Å². The van der Waals surface area contributed by atoms with Crippen LogP contribution in [0.15, 0.2) is 70.2 Å². The molecule has 1 N–H and O–H groups in total. The number of pyridine rings is 1. The van der Waals surface area contributed by atoms with Gasteiger partial charge in [0.25, 0.3) is 5.56 Å². The van der Waals surface area contributed by atoms with E-state index < -0.39 is 0 Å². The summed E-state index contributed by atoms with van der Waals surface area (Å²) in [5, 5.41) is 4.21. The second-order valence-electron chi connectivity index (χ2n) is 7.08. The number of aromatic nitrogens is 4. The lowest BCUT2D eigenvalue weighted by Gasteiger charge is -2.26. The van der Waals surface area contributed by atoms with Crippen molar-refractivity contribution in [3.05, 3.63) is 88.2 Å². The van der Waals surface area contributed by atoms with Crippen LogP contribution in [0.4, 0.5) is 0 Å². The van der Waals surface area contributed by atoms with Gasteiger partial charge in [-0.15, -0.1) is 0 Å². The highest BCUT2D eigenvalue weighted by Gasteiger charge is 2.22. The minimum absolute atomic E-state index is 0.0609. The third-order valence-electron chi connectivity index (χ3n) is 5.11. The van der Waals surface area contributed by atoms with Crippen LogP contribution in [0.25, 0.3) is 22.7 Å². The Morgan fingerprint density at radius 2 is 1.90 bits per heavy atom. The molecule has 0 fully saturated rings. The summed E-state index contributed by atoms with van der Waals surface area (Å²) >= 11 is 0. The lowest BCUT2D eigenvalue weighted by atomic mass is 10.1. The Morgan fingerprint density at radius 1 is 1.07 bits per heavy atom. The molecule has 0 saturated carbocycles. The van der Waals surface area contributed by atoms with Crippen LogP contribution < -0.4 is 5.56 Å². The molecule has 0 atom stereocenters. The van der Waals surface area contributed by atoms with E-state index in [1.54, 1.807) is 12.4 Å². The monoisotopic (exact) mass is 385 g/mol. The summed E-state index contributed by atoms with van der Waals surface area (Å²) in [7, 11) is 0. The molecule has 29 heavy (non-hydrogen) atoms. The Hall–Kier alpha value is -3.58. The first-order valence-electron chi connectivity index (χ1n) is 9.52. The fourth-order valence-corrected chi connectivity index (χ4v) is 3.63. The number of H-pyrrole nitrogens is 1. The standard InChI is InChI=1S/C22H19N5O2/c28-22-18-8-11-27(13-17-12-20(29-26-17)15-4-2-1-3-5-15)14-19(18)24-21(25-22)16-6-9-23-10-7-16/h1-7,9-10,12H,8,11,13-14H2,(H,24,25,28). The molecular formula is C22H19N5O2. The number of nitrogens with zero attached hydrogens (tertiary/aromatic N) is 4. The zero-order valence-electron chi connectivity index (χ0n) is 15.7. The molecule has 0 amide bonds. The normalized spacial score (nSPS) is 13.9. The highest BCUT2D eigenvalue weighted by atomic mass is 16.5. The van der Waals surface area contributed by atoms with E-state index in [0.29, 0.717) is 25.3 Å². The van der Waals surface area contributed by atoms with Gasteiger partial charge >= 0.3 is 0 Å². The molecule has 4 aromatic rings. The van der Waals surface area contributed by atoms with Gasteiger partial charge in [0.1, 0.15) is 5.82 Å². The maximum absolute atomic E-state index is 12.5. The van der Waals surface area contributed by atoms with Gasteiger partial charge in [-0.2, -0.15) is 0 Å². The van der Waals surface area contributed by atoms with Gasteiger partial charge < -0.3 is 9.51 Å². The average molecular weight is 385 g/mol.